The van der Waals surface area contributed by atoms with E-state index in [2.05, 4.69) is 5.32 Å². The first kappa shape index (κ1) is 15.4. The van der Waals surface area contributed by atoms with Crippen LogP contribution in [-0.4, -0.2) is 12.5 Å². The summed E-state index contributed by atoms with van der Waals surface area (Å²) >= 11 is 5.91. The predicted molar refractivity (Wildman–Crippen MR) is 94.3 cm³/mol. The van der Waals surface area contributed by atoms with Crippen molar-refractivity contribution in [2.75, 3.05) is 11.9 Å². The number of hydrogen-bond acceptors (Lipinski definition) is 2. The lowest BCUT2D eigenvalue weighted by atomic mass is 10.1. The summed E-state index contributed by atoms with van der Waals surface area (Å²) in [6, 6.07) is 19.0. The summed E-state index contributed by atoms with van der Waals surface area (Å²) in [6.07, 6.45) is 0. The molecule has 4 heteroatoms. The molecule has 3 aromatic rings. The lowest BCUT2D eigenvalue weighted by Crippen LogP contribution is -2.20. The monoisotopic (exact) mass is 325 g/mol. The molecule has 0 bridgehead atoms. The second-order valence-corrected chi connectivity index (χ2v) is 5.71. The fourth-order valence-corrected chi connectivity index (χ4v) is 2.65. The van der Waals surface area contributed by atoms with Gasteiger partial charge in [0.1, 0.15) is 5.75 Å². The van der Waals surface area contributed by atoms with Crippen LogP contribution in [0.25, 0.3) is 10.8 Å². The summed E-state index contributed by atoms with van der Waals surface area (Å²) in [6.45, 7) is 1.85. The Labute approximate surface area is 139 Å². The summed E-state index contributed by atoms with van der Waals surface area (Å²) < 4.78 is 5.68. The molecule has 0 unspecified atom stereocenters. The standard InChI is InChI=1S/C19H16ClNO2/c1-13-11-15(20)9-10-17(13)21-19(22)12-23-18-8-4-6-14-5-2-3-7-16(14)18/h2-11H,12H2,1H3,(H,21,22). The van der Waals surface area contributed by atoms with Crippen molar-refractivity contribution in [2.45, 2.75) is 6.92 Å². The smallest absolute Gasteiger partial charge is 0.262 e. The van der Waals surface area contributed by atoms with Crippen molar-refractivity contribution in [3.8, 4) is 5.75 Å². The molecule has 0 fully saturated rings. The largest absolute Gasteiger partial charge is 0.483 e. The van der Waals surface area contributed by atoms with Crippen molar-refractivity contribution in [1.82, 2.24) is 0 Å². The Kier molecular flexibility index (Phi) is 4.49. The number of carbonyl (C=O) groups is 1. The van der Waals surface area contributed by atoms with E-state index in [1.807, 2.05) is 55.5 Å². The third kappa shape index (κ3) is 3.63. The van der Waals surface area contributed by atoms with Crippen molar-refractivity contribution in [3.05, 3.63) is 71.2 Å². The van der Waals surface area contributed by atoms with Crippen LogP contribution >= 0.6 is 11.6 Å². The van der Waals surface area contributed by atoms with Gasteiger partial charge in [0.25, 0.3) is 5.91 Å². The van der Waals surface area contributed by atoms with Gasteiger partial charge in [-0.2, -0.15) is 0 Å². The molecule has 1 N–H and O–H groups in total. The molecule has 116 valence electrons. The first-order chi connectivity index (χ1) is 11.1. The topological polar surface area (TPSA) is 38.3 Å². The Morgan fingerprint density at radius 1 is 1.09 bits per heavy atom. The number of aryl methyl sites for hydroxylation is 1. The number of carbonyl (C=O) groups excluding carboxylic acids is 1. The van der Waals surface area contributed by atoms with Crippen LogP contribution in [0.4, 0.5) is 5.69 Å². The fourth-order valence-electron chi connectivity index (χ4n) is 2.42. The van der Waals surface area contributed by atoms with E-state index in [1.54, 1.807) is 12.1 Å². The Balaban J connectivity index is 1.69. The zero-order chi connectivity index (χ0) is 16.2. The minimum Gasteiger partial charge on any atom is -0.483 e. The van der Waals surface area contributed by atoms with Crippen LogP contribution in [0.2, 0.25) is 5.02 Å². The van der Waals surface area contributed by atoms with Crippen LogP contribution in [0.5, 0.6) is 5.75 Å². The number of anilines is 1. The molecule has 0 saturated carbocycles. The predicted octanol–water partition coefficient (Wildman–Crippen LogP) is 4.82. The number of rotatable bonds is 4. The highest BCUT2D eigenvalue weighted by Gasteiger charge is 2.08. The van der Waals surface area contributed by atoms with Gasteiger partial charge in [-0.15, -0.1) is 0 Å². The summed E-state index contributed by atoms with van der Waals surface area (Å²) in [7, 11) is 0. The molecule has 3 rings (SSSR count). The summed E-state index contributed by atoms with van der Waals surface area (Å²) in [5.41, 5.74) is 1.65. The van der Waals surface area contributed by atoms with E-state index in [-0.39, 0.29) is 12.5 Å². The van der Waals surface area contributed by atoms with E-state index in [9.17, 15) is 4.79 Å². The molecular formula is C19H16ClNO2. The molecule has 0 atom stereocenters. The summed E-state index contributed by atoms with van der Waals surface area (Å²) in [4.78, 5) is 12.1. The van der Waals surface area contributed by atoms with Gasteiger partial charge in [-0.05, 0) is 42.1 Å². The quantitative estimate of drug-likeness (QED) is 0.747. The molecule has 0 aliphatic heterocycles. The maximum absolute atomic E-state index is 12.1. The number of ether oxygens (including phenoxy) is 1. The number of amides is 1. The van der Waals surface area contributed by atoms with Crippen molar-refractivity contribution < 1.29 is 9.53 Å². The Morgan fingerprint density at radius 3 is 2.70 bits per heavy atom. The van der Waals surface area contributed by atoms with Crippen molar-refractivity contribution >= 4 is 34.0 Å². The fraction of sp³-hybridized carbons (Fsp3) is 0.105. The highest BCUT2D eigenvalue weighted by molar-refractivity contribution is 6.30. The molecule has 3 nitrogen and oxygen atoms in total. The first-order valence-electron chi connectivity index (χ1n) is 7.30. The van der Waals surface area contributed by atoms with Gasteiger partial charge in [0.05, 0.1) is 0 Å². The van der Waals surface area contributed by atoms with Gasteiger partial charge in [-0.1, -0.05) is 48.0 Å². The van der Waals surface area contributed by atoms with E-state index in [0.717, 1.165) is 22.0 Å². The number of fused-ring (bicyclic) bond motifs is 1. The molecule has 0 saturated heterocycles. The van der Waals surface area contributed by atoms with Gasteiger partial charge in [-0.25, -0.2) is 0 Å². The number of halogens is 1. The van der Waals surface area contributed by atoms with E-state index in [0.29, 0.717) is 10.8 Å². The van der Waals surface area contributed by atoms with Crippen LogP contribution in [0.1, 0.15) is 5.56 Å². The number of nitrogens with one attached hydrogen (secondary N) is 1. The summed E-state index contributed by atoms with van der Waals surface area (Å²) in [5, 5.41) is 5.55. The van der Waals surface area contributed by atoms with Crippen molar-refractivity contribution in [3.63, 3.8) is 0 Å². The highest BCUT2D eigenvalue weighted by Crippen LogP contribution is 2.25. The third-order valence-electron chi connectivity index (χ3n) is 3.57. The second-order valence-electron chi connectivity index (χ2n) is 5.27. The Hall–Kier alpha value is -2.52. The van der Waals surface area contributed by atoms with Crippen LogP contribution in [-0.2, 0) is 4.79 Å². The maximum atomic E-state index is 12.1. The molecule has 3 aromatic carbocycles. The van der Waals surface area contributed by atoms with Crippen LogP contribution in [0.3, 0.4) is 0 Å². The molecule has 0 aliphatic carbocycles. The average Bonchev–Trinajstić information content (AvgIpc) is 2.55. The first-order valence-corrected chi connectivity index (χ1v) is 7.68. The van der Waals surface area contributed by atoms with E-state index in [4.69, 9.17) is 16.3 Å². The molecule has 23 heavy (non-hydrogen) atoms. The summed E-state index contributed by atoms with van der Waals surface area (Å²) in [5.74, 6) is 0.495. The SMILES string of the molecule is Cc1cc(Cl)ccc1NC(=O)COc1cccc2ccccc12. The van der Waals surface area contributed by atoms with Gasteiger partial charge < -0.3 is 10.1 Å². The minimum absolute atomic E-state index is 0.0456. The van der Waals surface area contributed by atoms with E-state index in [1.165, 1.54) is 0 Å². The highest BCUT2D eigenvalue weighted by atomic mass is 35.5. The Bertz CT molecular complexity index is 856. The van der Waals surface area contributed by atoms with Crippen molar-refractivity contribution in [2.24, 2.45) is 0 Å². The molecule has 0 aliphatic rings. The van der Waals surface area contributed by atoms with Crippen molar-refractivity contribution in [1.29, 1.82) is 0 Å². The lowest BCUT2D eigenvalue weighted by Gasteiger charge is -2.11. The third-order valence-corrected chi connectivity index (χ3v) is 3.81. The maximum Gasteiger partial charge on any atom is 0.262 e. The second kappa shape index (κ2) is 6.71. The molecule has 0 radical (unpaired) electrons. The van der Waals surface area contributed by atoms with Crippen LogP contribution < -0.4 is 10.1 Å². The van der Waals surface area contributed by atoms with Crippen LogP contribution in [0.15, 0.2) is 60.7 Å². The van der Waals surface area contributed by atoms with E-state index >= 15 is 0 Å². The molecular weight excluding hydrogens is 310 g/mol. The molecule has 0 spiro atoms. The number of benzene rings is 3. The van der Waals surface area contributed by atoms with Gasteiger partial charge in [-0.3, -0.25) is 4.79 Å². The lowest BCUT2D eigenvalue weighted by molar-refractivity contribution is -0.118. The average molecular weight is 326 g/mol. The van der Waals surface area contributed by atoms with Gasteiger partial charge in [0.15, 0.2) is 6.61 Å². The zero-order valence-electron chi connectivity index (χ0n) is 12.7. The minimum atomic E-state index is -0.205. The van der Waals surface area contributed by atoms with Crippen LogP contribution in [0, 0.1) is 6.92 Å². The van der Waals surface area contributed by atoms with E-state index < -0.39 is 0 Å². The zero-order valence-corrected chi connectivity index (χ0v) is 13.4. The molecule has 0 aromatic heterocycles. The van der Waals surface area contributed by atoms with Gasteiger partial charge >= 0.3 is 0 Å². The normalized spacial score (nSPS) is 10.5. The number of hydrogen-bond donors (Lipinski definition) is 1. The Morgan fingerprint density at radius 2 is 1.87 bits per heavy atom. The molecule has 1 amide bonds. The van der Waals surface area contributed by atoms with Gasteiger partial charge in [0, 0.05) is 16.1 Å². The van der Waals surface area contributed by atoms with Gasteiger partial charge in [0.2, 0.25) is 0 Å². The molecule has 0 heterocycles.